The average molecular weight is 329 g/mol. The number of benzene rings is 1. The summed E-state index contributed by atoms with van der Waals surface area (Å²) in [5.41, 5.74) is 0.529. The minimum absolute atomic E-state index is 0.208. The van der Waals surface area contributed by atoms with Gasteiger partial charge in [-0.25, -0.2) is 0 Å². The molecule has 1 aliphatic rings. The highest BCUT2D eigenvalue weighted by Gasteiger charge is 2.30. The first-order valence-corrected chi connectivity index (χ1v) is 7.92. The van der Waals surface area contributed by atoms with E-state index in [1.165, 1.54) is 12.1 Å². The van der Waals surface area contributed by atoms with E-state index < -0.39 is 17.6 Å². The third kappa shape index (κ3) is 4.69. The molecular formula is C15H17F2NO3S. The summed E-state index contributed by atoms with van der Waals surface area (Å²) in [5.74, 6) is -4.32. The normalized spacial score (nSPS) is 21.6. The van der Waals surface area contributed by atoms with Crippen molar-refractivity contribution in [2.45, 2.75) is 36.3 Å². The van der Waals surface area contributed by atoms with Crippen LogP contribution in [0, 0.1) is 11.8 Å². The molecule has 4 nitrogen and oxygen atoms in total. The lowest BCUT2D eigenvalue weighted by atomic mass is 9.81. The second-order valence-electron chi connectivity index (χ2n) is 5.29. The Balaban J connectivity index is 1.92. The van der Waals surface area contributed by atoms with Crippen LogP contribution < -0.4 is 5.32 Å². The van der Waals surface area contributed by atoms with Gasteiger partial charge in [0.25, 0.3) is 5.76 Å². The lowest BCUT2D eigenvalue weighted by Gasteiger charge is -2.25. The summed E-state index contributed by atoms with van der Waals surface area (Å²) in [5, 5.41) is 11.8. The Kier molecular flexibility index (Phi) is 5.76. The smallest absolute Gasteiger partial charge is 0.306 e. The van der Waals surface area contributed by atoms with Crippen LogP contribution in [0.2, 0.25) is 0 Å². The van der Waals surface area contributed by atoms with Crippen molar-refractivity contribution in [3.63, 3.8) is 0 Å². The summed E-state index contributed by atoms with van der Waals surface area (Å²) < 4.78 is 24.4. The number of carboxylic acids is 1. The lowest BCUT2D eigenvalue weighted by molar-refractivity contribution is -0.143. The number of amides is 1. The van der Waals surface area contributed by atoms with E-state index in [2.05, 4.69) is 5.32 Å². The number of nitrogens with one attached hydrogen (secondary N) is 1. The van der Waals surface area contributed by atoms with Gasteiger partial charge in [0.1, 0.15) is 0 Å². The summed E-state index contributed by atoms with van der Waals surface area (Å²) >= 11 is 0.446. The topological polar surface area (TPSA) is 66.4 Å². The van der Waals surface area contributed by atoms with Gasteiger partial charge in [-0.15, -0.1) is 0 Å². The quantitative estimate of drug-likeness (QED) is 0.806. The monoisotopic (exact) mass is 329 g/mol. The maximum absolute atomic E-state index is 12.2. The summed E-state index contributed by atoms with van der Waals surface area (Å²) in [6.45, 7) is 0. The van der Waals surface area contributed by atoms with Crippen LogP contribution >= 0.6 is 11.8 Å². The van der Waals surface area contributed by atoms with E-state index in [0.717, 1.165) is 6.42 Å². The molecule has 120 valence electrons. The number of thioether (sulfide) groups is 1. The molecule has 0 saturated heterocycles. The molecule has 2 atom stereocenters. The van der Waals surface area contributed by atoms with Crippen molar-refractivity contribution < 1.29 is 23.5 Å². The minimum Gasteiger partial charge on any atom is -0.481 e. The van der Waals surface area contributed by atoms with Crippen molar-refractivity contribution in [3.05, 3.63) is 24.3 Å². The molecule has 1 fully saturated rings. The molecule has 2 unspecified atom stereocenters. The fourth-order valence-corrected chi connectivity index (χ4v) is 3.12. The molecule has 2 rings (SSSR count). The Morgan fingerprint density at radius 1 is 1.18 bits per heavy atom. The Morgan fingerprint density at radius 3 is 2.41 bits per heavy atom. The summed E-state index contributed by atoms with van der Waals surface area (Å²) in [7, 11) is 0. The van der Waals surface area contributed by atoms with Crippen LogP contribution in [0.15, 0.2) is 29.2 Å². The average Bonchev–Trinajstić information content (AvgIpc) is 2.49. The molecular weight excluding hydrogens is 312 g/mol. The molecule has 0 radical (unpaired) electrons. The van der Waals surface area contributed by atoms with E-state index in [1.54, 1.807) is 12.1 Å². The number of hydrogen-bond donors (Lipinski definition) is 2. The van der Waals surface area contributed by atoms with Gasteiger partial charge < -0.3 is 10.4 Å². The zero-order valence-electron chi connectivity index (χ0n) is 11.8. The van der Waals surface area contributed by atoms with Crippen molar-refractivity contribution in [3.8, 4) is 0 Å². The maximum atomic E-state index is 12.2. The zero-order valence-corrected chi connectivity index (χ0v) is 12.6. The van der Waals surface area contributed by atoms with Gasteiger partial charge in [0.2, 0.25) is 5.91 Å². The highest BCUT2D eigenvalue weighted by atomic mass is 32.2. The van der Waals surface area contributed by atoms with Crippen LogP contribution in [0.4, 0.5) is 14.5 Å². The summed E-state index contributed by atoms with van der Waals surface area (Å²) in [6.07, 6.45) is 2.35. The lowest BCUT2D eigenvalue weighted by Crippen LogP contribution is -2.30. The minimum atomic E-state index is -2.48. The van der Waals surface area contributed by atoms with Crippen molar-refractivity contribution in [2.24, 2.45) is 11.8 Å². The van der Waals surface area contributed by atoms with Crippen molar-refractivity contribution in [1.29, 1.82) is 0 Å². The fraction of sp³-hybridized carbons (Fsp3) is 0.467. The SMILES string of the molecule is O=C(O)C1CCCC(C(=O)Nc2ccc(SC(F)F)cc2)C1. The zero-order chi connectivity index (χ0) is 16.1. The molecule has 0 aromatic heterocycles. The number of carboxylic acid groups (broad SMARTS) is 1. The van der Waals surface area contributed by atoms with E-state index in [9.17, 15) is 18.4 Å². The van der Waals surface area contributed by atoms with E-state index in [4.69, 9.17) is 5.11 Å². The van der Waals surface area contributed by atoms with Gasteiger partial charge in [-0.05, 0) is 43.5 Å². The molecule has 1 amide bonds. The van der Waals surface area contributed by atoms with Gasteiger partial charge in [0, 0.05) is 16.5 Å². The Bertz CT molecular complexity index is 536. The summed E-state index contributed by atoms with van der Waals surface area (Å²) in [4.78, 5) is 23.6. The number of rotatable bonds is 5. The standard InChI is InChI=1S/C15H17F2NO3S/c16-15(17)22-12-6-4-11(5-7-12)18-13(19)9-2-1-3-10(8-9)14(20)21/h4-7,9-10,15H,1-3,8H2,(H,18,19)(H,20,21). The first-order valence-electron chi connectivity index (χ1n) is 7.04. The largest absolute Gasteiger partial charge is 0.481 e. The molecule has 2 N–H and O–H groups in total. The van der Waals surface area contributed by atoms with Gasteiger partial charge >= 0.3 is 5.97 Å². The third-order valence-corrected chi connectivity index (χ3v) is 4.46. The molecule has 0 heterocycles. The van der Waals surface area contributed by atoms with Crippen LogP contribution in [-0.4, -0.2) is 22.7 Å². The van der Waals surface area contributed by atoms with Crippen LogP contribution in [0.5, 0.6) is 0 Å². The predicted octanol–water partition coefficient (Wildman–Crippen LogP) is 3.83. The van der Waals surface area contributed by atoms with Gasteiger partial charge in [-0.2, -0.15) is 8.78 Å². The van der Waals surface area contributed by atoms with E-state index in [1.807, 2.05) is 0 Å². The Hall–Kier alpha value is -1.63. The second kappa shape index (κ2) is 7.58. The first kappa shape index (κ1) is 16.7. The van der Waals surface area contributed by atoms with E-state index in [0.29, 0.717) is 41.6 Å². The molecule has 0 aliphatic heterocycles. The highest BCUT2D eigenvalue weighted by molar-refractivity contribution is 7.99. The molecule has 0 spiro atoms. The second-order valence-corrected chi connectivity index (χ2v) is 6.35. The van der Waals surface area contributed by atoms with Crippen LogP contribution in [0.3, 0.4) is 0 Å². The number of halogens is 2. The number of alkyl halides is 2. The Morgan fingerprint density at radius 2 is 1.82 bits per heavy atom. The molecule has 1 aromatic rings. The number of carbonyl (C=O) groups excluding carboxylic acids is 1. The molecule has 1 saturated carbocycles. The van der Waals surface area contributed by atoms with Gasteiger partial charge in [-0.3, -0.25) is 9.59 Å². The first-order chi connectivity index (χ1) is 10.5. The van der Waals surface area contributed by atoms with Crippen molar-refractivity contribution in [1.82, 2.24) is 0 Å². The highest BCUT2D eigenvalue weighted by Crippen LogP contribution is 2.31. The molecule has 7 heteroatoms. The molecule has 1 aliphatic carbocycles. The van der Waals surface area contributed by atoms with Gasteiger partial charge in [-0.1, -0.05) is 18.2 Å². The Labute approximate surface area is 131 Å². The number of aliphatic carboxylic acids is 1. The number of anilines is 1. The van der Waals surface area contributed by atoms with Crippen LogP contribution in [0.25, 0.3) is 0 Å². The van der Waals surface area contributed by atoms with Crippen LogP contribution in [-0.2, 0) is 9.59 Å². The number of carbonyl (C=O) groups is 2. The predicted molar refractivity (Wildman–Crippen MR) is 80.0 cm³/mol. The maximum Gasteiger partial charge on any atom is 0.306 e. The summed E-state index contributed by atoms with van der Waals surface area (Å²) in [6, 6.07) is 6.18. The van der Waals surface area contributed by atoms with Gasteiger partial charge in [0.15, 0.2) is 0 Å². The molecule has 22 heavy (non-hydrogen) atoms. The third-order valence-electron chi connectivity index (χ3n) is 3.74. The number of hydrogen-bond acceptors (Lipinski definition) is 3. The van der Waals surface area contributed by atoms with Crippen molar-refractivity contribution in [2.75, 3.05) is 5.32 Å². The fourth-order valence-electron chi connectivity index (χ4n) is 2.62. The molecule has 1 aromatic carbocycles. The van der Waals surface area contributed by atoms with Crippen molar-refractivity contribution >= 4 is 29.3 Å². The van der Waals surface area contributed by atoms with Crippen LogP contribution in [0.1, 0.15) is 25.7 Å². The van der Waals surface area contributed by atoms with E-state index >= 15 is 0 Å². The molecule has 0 bridgehead atoms. The van der Waals surface area contributed by atoms with E-state index in [-0.39, 0.29) is 11.8 Å². The van der Waals surface area contributed by atoms with Gasteiger partial charge in [0.05, 0.1) is 5.92 Å².